The van der Waals surface area contributed by atoms with E-state index in [0.29, 0.717) is 0 Å². The number of hydrogen-bond acceptors (Lipinski definition) is 3. The second-order valence-electron chi connectivity index (χ2n) is 7.71. The van der Waals surface area contributed by atoms with E-state index < -0.39 is 6.36 Å². The van der Waals surface area contributed by atoms with Crippen LogP contribution in [0.2, 0.25) is 0 Å². The van der Waals surface area contributed by atoms with Gasteiger partial charge in [-0.1, -0.05) is 31.0 Å². The van der Waals surface area contributed by atoms with Crippen LogP contribution in [-0.4, -0.2) is 43.0 Å². The van der Waals surface area contributed by atoms with Gasteiger partial charge >= 0.3 is 12.4 Å². The quantitative estimate of drug-likeness (QED) is 0.759. The molecule has 156 valence electrons. The molecular formula is C20H28F3N3O2. The molecule has 2 amide bonds. The number of amides is 2. The minimum atomic E-state index is -4.76. The molecule has 0 spiro atoms. The van der Waals surface area contributed by atoms with Crippen LogP contribution in [0.25, 0.3) is 0 Å². The number of nitrogens with one attached hydrogen (secondary N) is 2. The number of para-hydroxylation sites is 1. The van der Waals surface area contributed by atoms with E-state index in [2.05, 4.69) is 20.3 Å². The zero-order valence-electron chi connectivity index (χ0n) is 15.9. The minimum absolute atomic E-state index is 0.0292. The van der Waals surface area contributed by atoms with Gasteiger partial charge in [-0.15, -0.1) is 13.2 Å². The predicted octanol–water partition coefficient (Wildman–Crippen LogP) is 4.04. The zero-order valence-corrected chi connectivity index (χ0v) is 15.9. The summed E-state index contributed by atoms with van der Waals surface area (Å²) >= 11 is 0. The lowest BCUT2D eigenvalue weighted by Crippen LogP contribution is -2.48. The first-order valence-electron chi connectivity index (χ1n) is 9.99. The van der Waals surface area contributed by atoms with E-state index in [-0.39, 0.29) is 29.9 Å². The molecule has 28 heavy (non-hydrogen) atoms. The molecule has 0 atom stereocenters. The minimum Gasteiger partial charge on any atom is -0.405 e. The van der Waals surface area contributed by atoms with Crippen molar-refractivity contribution in [3.8, 4) is 5.75 Å². The van der Waals surface area contributed by atoms with Crippen molar-refractivity contribution >= 4 is 6.03 Å². The summed E-state index contributed by atoms with van der Waals surface area (Å²) < 4.78 is 41.4. The Morgan fingerprint density at radius 2 is 1.79 bits per heavy atom. The number of halogens is 3. The lowest BCUT2D eigenvalue weighted by molar-refractivity contribution is -0.274. The van der Waals surface area contributed by atoms with Gasteiger partial charge in [-0.05, 0) is 37.7 Å². The van der Waals surface area contributed by atoms with Crippen LogP contribution in [-0.2, 0) is 6.54 Å². The van der Waals surface area contributed by atoms with Crippen LogP contribution < -0.4 is 15.4 Å². The number of nitrogens with zero attached hydrogens (tertiary/aromatic N) is 1. The number of urea groups is 1. The Balaban J connectivity index is 1.39. The number of hydrogen-bond donors (Lipinski definition) is 2. The number of carbonyl (C=O) groups excluding carboxylic acids is 1. The summed E-state index contributed by atoms with van der Waals surface area (Å²) in [6.07, 6.45) is 2.40. The Morgan fingerprint density at radius 3 is 2.46 bits per heavy atom. The van der Waals surface area contributed by atoms with Crippen LogP contribution in [0.1, 0.15) is 44.1 Å². The Morgan fingerprint density at radius 1 is 1.11 bits per heavy atom. The zero-order chi connectivity index (χ0) is 20.0. The fourth-order valence-corrected chi connectivity index (χ4v) is 4.10. The monoisotopic (exact) mass is 399 g/mol. The molecular weight excluding hydrogens is 371 g/mol. The fourth-order valence-electron chi connectivity index (χ4n) is 4.10. The highest BCUT2D eigenvalue weighted by molar-refractivity contribution is 5.74. The molecule has 1 aliphatic carbocycles. The van der Waals surface area contributed by atoms with Crippen LogP contribution in [0.5, 0.6) is 5.75 Å². The normalized spacial score (nSPS) is 19.5. The summed E-state index contributed by atoms with van der Waals surface area (Å²) in [5, 5.41) is 5.56. The molecule has 8 heteroatoms. The molecule has 0 aromatic heterocycles. The summed E-state index contributed by atoms with van der Waals surface area (Å²) in [5.41, 5.74) is 0.279. The van der Waals surface area contributed by atoms with Crippen molar-refractivity contribution in [2.45, 2.75) is 57.5 Å². The average Bonchev–Trinajstić information content (AvgIpc) is 3.14. The van der Waals surface area contributed by atoms with Crippen molar-refractivity contribution in [3.05, 3.63) is 29.8 Å². The van der Waals surface area contributed by atoms with Crippen molar-refractivity contribution in [1.29, 1.82) is 0 Å². The largest absolute Gasteiger partial charge is 0.573 e. The molecule has 1 heterocycles. The predicted molar refractivity (Wildman–Crippen MR) is 99.9 cm³/mol. The fraction of sp³-hybridized carbons (Fsp3) is 0.650. The van der Waals surface area contributed by atoms with Crippen molar-refractivity contribution in [3.63, 3.8) is 0 Å². The Kier molecular flexibility index (Phi) is 7.04. The molecule has 1 aromatic rings. The second-order valence-corrected chi connectivity index (χ2v) is 7.71. The number of piperidine rings is 1. The molecule has 1 aromatic carbocycles. The van der Waals surface area contributed by atoms with E-state index in [1.54, 1.807) is 6.07 Å². The standard InChI is InChI=1S/C20H28F3N3O2/c21-20(22,23)28-18-8-4-3-7-16(18)13-24-19(27)25-17-9-11-26(12-10-17)14-15-5-1-2-6-15/h3-4,7-8,15,17H,1-2,5-6,9-14H2,(H2,24,25,27). The molecule has 2 aliphatic rings. The summed E-state index contributed by atoms with van der Waals surface area (Å²) in [7, 11) is 0. The summed E-state index contributed by atoms with van der Waals surface area (Å²) in [6, 6.07) is 5.55. The van der Waals surface area contributed by atoms with Crippen molar-refractivity contribution in [2.75, 3.05) is 19.6 Å². The summed E-state index contributed by atoms with van der Waals surface area (Å²) in [4.78, 5) is 14.6. The van der Waals surface area contributed by atoms with Crippen LogP contribution >= 0.6 is 0 Å². The maximum Gasteiger partial charge on any atom is 0.573 e. The molecule has 0 bridgehead atoms. The van der Waals surface area contributed by atoms with E-state index in [0.717, 1.165) is 38.4 Å². The average molecular weight is 399 g/mol. The molecule has 3 rings (SSSR count). The van der Waals surface area contributed by atoms with E-state index in [4.69, 9.17) is 0 Å². The van der Waals surface area contributed by atoms with E-state index in [1.807, 2.05) is 0 Å². The highest BCUT2D eigenvalue weighted by Crippen LogP contribution is 2.27. The maximum absolute atomic E-state index is 12.5. The third kappa shape index (κ3) is 6.58. The number of benzene rings is 1. The van der Waals surface area contributed by atoms with Gasteiger partial charge in [0.2, 0.25) is 0 Å². The highest BCUT2D eigenvalue weighted by atomic mass is 19.4. The van der Waals surface area contributed by atoms with Gasteiger partial charge in [-0.25, -0.2) is 4.79 Å². The van der Waals surface area contributed by atoms with Crippen LogP contribution in [0.3, 0.4) is 0 Å². The molecule has 0 unspecified atom stereocenters. The topological polar surface area (TPSA) is 53.6 Å². The first kappa shape index (κ1) is 20.8. The maximum atomic E-state index is 12.5. The van der Waals surface area contributed by atoms with Gasteiger partial charge in [-0.2, -0.15) is 0 Å². The Labute approximate surface area is 163 Å². The smallest absolute Gasteiger partial charge is 0.405 e. The molecule has 5 nitrogen and oxygen atoms in total. The van der Waals surface area contributed by atoms with Gasteiger partial charge in [0, 0.05) is 37.8 Å². The van der Waals surface area contributed by atoms with Crippen LogP contribution in [0.4, 0.5) is 18.0 Å². The van der Waals surface area contributed by atoms with Gasteiger partial charge in [0.25, 0.3) is 0 Å². The van der Waals surface area contributed by atoms with Gasteiger partial charge in [0.1, 0.15) is 5.75 Å². The number of likely N-dealkylation sites (tertiary alicyclic amines) is 1. The van der Waals surface area contributed by atoms with Crippen LogP contribution in [0, 0.1) is 5.92 Å². The summed E-state index contributed by atoms with van der Waals surface area (Å²) in [5.74, 6) is 0.530. The number of carbonyl (C=O) groups is 1. The van der Waals surface area contributed by atoms with Gasteiger partial charge in [-0.3, -0.25) is 0 Å². The van der Waals surface area contributed by atoms with Crippen LogP contribution in [0.15, 0.2) is 24.3 Å². The first-order chi connectivity index (χ1) is 13.4. The Bertz CT molecular complexity index is 640. The van der Waals surface area contributed by atoms with Gasteiger partial charge in [0.05, 0.1) is 0 Å². The molecule has 1 aliphatic heterocycles. The molecule has 2 fully saturated rings. The number of alkyl halides is 3. The Hall–Kier alpha value is -1.96. The third-order valence-electron chi connectivity index (χ3n) is 5.55. The van der Waals surface area contributed by atoms with E-state index in [1.165, 1.54) is 43.9 Å². The van der Waals surface area contributed by atoms with E-state index >= 15 is 0 Å². The lowest BCUT2D eigenvalue weighted by Gasteiger charge is -2.33. The lowest BCUT2D eigenvalue weighted by atomic mass is 10.0. The number of ether oxygens (including phenoxy) is 1. The van der Waals surface area contributed by atoms with E-state index in [9.17, 15) is 18.0 Å². The van der Waals surface area contributed by atoms with Crippen molar-refractivity contribution < 1.29 is 22.7 Å². The third-order valence-corrected chi connectivity index (χ3v) is 5.55. The number of rotatable bonds is 6. The SMILES string of the molecule is O=C(NCc1ccccc1OC(F)(F)F)NC1CCN(CC2CCCC2)CC1. The summed E-state index contributed by atoms with van der Waals surface area (Å²) in [6.45, 7) is 3.08. The van der Waals surface area contributed by atoms with Gasteiger partial charge in [0.15, 0.2) is 0 Å². The molecule has 1 saturated carbocycles. The molecule has 1 saturated heterocycles. The highest BCUT2D eigenvalue weighted by Gasteiger charge is 2.32. The van der Waals surface area contributed by atoms with Crippen molar-refractivity contribution in [1.82, 2.24) is 15.5 Å². The molecule has 0 radical (unpaired) electrons. The second kappa shape index (κ2) is 9.49. The first-order valence-corrected chi connectivity index (χ1v) is 9.99. The van der Waals surface area contributed by atoms with Crippen molar-refractivity contribution in [2.24, 2.45) is 5.92 Å². The van der Waals surface area contributed by atoms with Gasteiger partial charge < -0.3 is 20.3 Å². The molecule has 2 N–H and O–H groups in total.